The predicted molar refractivity (Wildman–Crippen MR) is 212 cm³/mol. The standard InChI is InChI=1S/C40H41F3N12O7/c1-2-54-50-34(49-51-54)32-30(57)31(58)36(61-32)53-22-46-29-33(44-20-28(24-11-5-3-6-12-24)25-13-7-4-8-14-25)47-38(48-35(29)53)52-17-16-26(21-52)55(62-37(59)40(41,42)43)39(60)45-19-23-10-9-15-27(56)18-23/h3-15,18,22,26,28,30-32,36,56-58H,2,16-17,19-21H2,1H3,(H,45,60)(H,44,47,48)/t26-,30+,31+,32+,36-/m1/s1. The number of fused-ring (bicyclic) bond motifs is 1. The summed E-state index contributed by atoms with van der Waals surface area (Å²) in [6.45, 7) is 2.25. The number of aromatic nitrogens is 8. The average Bonchev–Trinajstić information content (AvgIpc) is 4.10. The number of urea groups is 1. The number of anilines is 2. The number of hydrogen-bond acceptors (Lipinski definition) is 15. The molecule has 2 aliphatic rings. The first kappa shape index (κ1) is 41.8. The number of phenolic OH excluding ortho intramolecular Hbond substituents is 1. The SMILES string of the molecule is CCn1nnc([C@H]2O[C@@H](n3cnc4c(NCC(c5ccccc5)c5ccccc5)nc(N5CC[C@@H](N(OC(=O)C(F)(F)F)C(=O)NCc6cccc(O)c6)C5)nc43)[C@@H](O)[C@@H]2O)n1. The molecule has 0 saturated carbocycles. The molecule has 2 aliphatic heterocycles. The number of nitrogens with zero attached hydrogens (tertiary/aromatic N) is 10. The zero-order chi connectivity index (χ0) is 43.5. The van der Waals surface area contributed by atoms with E-state index < -0.39 is 48.8 Å². The summed E-state index contributed by atoms with van der Waals surface area (Å²) in [5.74, 6) is -2.48. The molecule has 0 aliphatic carbocycles. The number of hydroxylamine groups is 2. The van der Waals surface area contributed by atoms with Crippen molar-refractivity contribution in [2.75, 3.05) is 29.9 Å². The van der Waals surface area contributed by atoms with Crippen molar-refractivity contribution in [1.82, 2.24) is 50.1 Å². The highest BCUT2D eigenvalue weighted by molar-refractivity contribution is 5.85. The Kier molecular flexibility index (Phi) is 11.9. The van der Waals surface area contributed by atoms with Crippen LogP contribution in [-0.2, 0) is 27.5 Å². The monoisotopic (exact) mass is 858 g/mol. The van der Waals surface area contributed by atoms with Crippen LogP contribution in [0.4, 0.5) is 29.7 Å². The van der Waals surface area contributed by atoms with Crippen molar-refractivity contribution in [3.8, 4) is 5.75 Å². The lowest BCUT2D eigenvalue weighted by atomic mass is 9.91. The number of alkyl halides is 3. The fourth-order valence-corrected chi connectivity index (χ4v) is 7.42. The van der Waals surface area contributed by atoms with Crippen molar-refractivity contribution >= 4 is 34.9 Å². The first-order chi connectivity index (χ1) is 29.9. The second-order valence-corrected chi connectivity index (χ2v) is 14.6. The number of aryl methyl sites for hydroxylation is 1. The maximum atomic E-state index is 13.5. The van der Waals surface area contributed by atoms with Crippen molar-refractivity contribution in [1.29, 1.82) is 0 Å². The summed E-state index contributed by atoms with van der Waals surface area (Å²) < 4.78 is 48.1. The van der Waals surface area contributed by atoms with Crippen molar-refractivity contribution in [2.45, 2.75) is 69.1 Å². The summed E-state index contributed by atoms with van der Waals surface area (Å²) in [6, 6.07) is 23.3. The molecule has 0 unspecified atom stereocenters. The van der Waals surface area contributed by atoms with Gasteiger partial charge in [-0.05, 0) is 47.4 Å². The second kappa shape index (κ2) is 17.6. The van der Waals surface area contributed by atoms with Gasteiger partial charge in [-0.2, -0.15) is 27.9 Å². The summed E-state index contributed by atoms with van der Waals surface area (Å²) in [7, 11) is 0. The van der Waals surface area contributed by atoms with Gasteiger partial charge < -0.3 is 40.4 Å². The summed E-state index contributed by atoms with van der Waals surface area (Å²) in [5, 5.41) is 50.6. The molecule has 0 radical (unpaired) electrons. The molecule has 2 amide bonds. The van der Waals surface area contributed by atoms with Crippen molar-refractivity contribution in [2.24, 2.45) is 0 Å². The first-order valence-electron chi connectivity index (χ1n) is 19.6. The van der Waals surface area contributed by atoms with Crippen LogP contribution in [0.25, 0.3) is 11.2 Å². The lowest BCUT2D eigenvalue weighted by molar-refractivity contribution is -0.232. The highest BCUT2D eigenvalue weighted by atomic mass is 19.4. The Labute approximate surface area is 350 Å². The molecule has 0 spiro atoms. The fourth-order valence-electron chi connectivity index (χ4n) is 7.42. The van der Waals surface area contributed by atoms with E-state index in [-0.39, 0.29) is 66.5 Å². The number of aliphatic hydroxyl groups excluding tert-OH is 2. The van der Waals surface area contributed by atoms with Crippen LogP contribution in [0.3, 0.4) is 0 Å². The molecule has 324 valence electrons. The summed E-state index contributed by atoms with van der Waals surface area (Å²) >= 11 is 0. The van der Waals surface area contributed by atoms with Gasteiger partial charge in [-0.15, -0.1) is 15.3 Å². The molecule has 5 atom stereocenters. The van der Waals surface area contributed by atoms with Crippen molar-refractivity contribution < 1.29 is 47.7 Å². The number of hydrogen-bond donors (Lipinski definition) is 5. The van der Waals surface area contributed by atoms with Gasteiger partial charge in [-0.25, -0.2) is 14.6 Å². The number of halogens is 3. The Morgan fingerprint density at radius 2 is 1.73 bits per heavy atom. The third-order valence-corrected chi connectivity index (χ3v) is 10.6. The number of aliphatic hydroxyl groups is 2. The predicted octanol–water partition coefficient (Wildman–Crippen LogP) is 3.59. The average molecular weight is 859 g/mol. The number of benzene rings is 3. The smallest absolute Gasteiger partial charge is 0.493 e. The molecular formula is C40H41F3N12O7. The largest absolute Gasteiger partial charge is 0.508 e. The lowest BCUT2D eigenvalue weighted by Gasteiger charge is -2.27. The van der Waals surface area contributed by atoms with Gasteiger partial charge in [0.25, 0.3) is 0 Å². The molecule has 5 heterocycles. The normalized spacial score (nSPS) is 20.2. The first-order valence-corrected chi connectivity index (χ1v) is 19.6. The van der Waals surface area contributed by atoms with Gasteiger partial charge in [0.2, 0.25) is 11.8 Å². The summed E-state index contributed by atoms with van der Waals surface area (Å²) in [6.07, 6.45) is -9.38. The Balaban J connectivity index is 1.12. The van der Waals surface area contributed by atoms with Crippen LogP contribution in [0.2, 0.25) is 0 Å². The van der Waals surface area contributed by atoms with Gasteiger partial charge in [0.1, 0.15) is 18.0 Å². The number of aromatic hydroxyl groups is 1. The van der Waals surface area contributed by atoms with E-state index in [0.29, 0.717) is 23.7 Å². The van der Waals surface area contributed by atoms with Crippen LogP contribution < -0.4 is 15.5 Å². The molecule has 62 heavy (non-hydrogen) atoms. The molecule has 2 saturated heterocycles. The van der Waals surface area contributed by atoms with Crippen LogP contribution in [0.1, 0.15) is 54.1 Å². The molecule has 3 aromatic heterocycles. The van der Waals surface area contributed by atoms with E-state index in [1.165, 1.54) is 33.9 Å². The van der Waals surface area contributed by atoms with Crippen molar-refractivity contribution in [3.05, 3.63) is 114 Å². The quantitative estimate of drug-likeness (QED) is 0.111. The number of carbonyl (C=O) groups excluding carboxylic acids is 2. The molecule has 2 fully saturated rings. The zero-order valence-corrected chi connectivity index (χ0v) is 32.9. The van der Waals surface area contributed by atoms with E-state index in [0.717, 1.165) is 11.1 Å². The fraction of sp³-hybridized carbons (Fsp3) is 0.350. The van der Waals surface area contributed by atoms with E-state index in [2.05, 4.69) is 35.9 Å². The van der Waals surface area contributed by atoms with Gasteiger partial charge in [-0.1, -0.05) is 72.8 Å². The van der Waals surface area contributed by atoms with E-state index in [4.69, 9.17) is 14.7 Å². The van der Waals surface area contributed by atoms with Crippen LogP contribution in [0.5, 0.6) is 5.75 Å². The zero-order valence-electron chi connectivity index (χ0n) is 32.9. The van der Waals surface area contributed by atoms with E-state index >= 15 is 0 Å². The van der Waals surface area contributed by atoms with Crippen LogP contribution >= 0.6 is 0 Å². The summed E-state index contributed by atoms with van der Waals surface area (Å²) in [5.41, 5.74) is 2.88. The molecule has 5 N–H and O–H groups in total. The molecule has 3 aromatic carbocycles. The molecule has 19 nitrogen and oxygen atoms in total. The van der Waals surface area contributed by atoms with Gasteiger partial charge in [-0.3, -0.25) is 4.57 Å². The third-order valence-electron chi connectivity index (χ3n) is 10.6. The number of imidazole rings is 1. The number of ether oxygens (including phenoxy) is 1. The Hall–Kier alpha value is -6.91. The van der Waals surface area contributed by atoms with E-state index in [9.17, 15) is 38.1 Å². The number of rotatable bonds is 12. The number of carbonyl (C=O) groups is 2. The molecule has 22 heteroatoms. The maximum absolute atomic E-state index is 13.5. The Morgan fingerprint density at radius 1 is 1.00 bits per heavy atom. The minimum absolute atomic E-state index is 0.0297. The van der Waals surface area contributed by atoms with E-state index in [1.807, 2.05) is 60.7 Å². The highest BCUT2D eigenvalue weighted by Gasteiger charge is 2.48. The maximum Gasteiger partial charge on any atom is 0.493 e. The lowest BCUT2D eigenvalue weighted by Crippen LogP contribution is -2.49. The van der Waals surface area contributed by atoms with Crippen LogP contribution in [0.15, 0.2) is 91.3 Å². The summed E-state index contributed by atoms with van der Waals surface area (Å²) in [4.78, 5) is 47.4. The number of tetrazole rings is 1. The third kappa shape index (κ3) is 8.78. The Morgan fingerprint density at radius 3 is 2.39 bits per heavy atom. The number of phenols is 1. The van der Waals surface area contributed by atoms with Crippen molar-refractivity contribution in [3.63, 3.8) is 0 Å². The van der Waals surface area contributed by atoms with Gasteiger partial charge in [0, 0.05) is 32.1 Å². The van der Waals surface area contributed by atoms with Crippen LogP contribution in [0, 0.1) is 0 Å². The van der Waals surface area contributed by atoms with Gasteiger partial charge in [0.15, 0.2) is 29.3 Å². The van der Waals surface area contributed by atoms with Gasteiger partial charge in [0.05, 0.1) is 18.9 Å². The molecule has 0 bridgehead atoms. The molecular weight excluding hydrogens is 818 g/mol. The topological polar surface area (TPSA) is 231 Å². The highest BCUT2D eigenvalue weighted by Crippen LogP contribution is 2.39. The van der Waals surface area contributed by atoms with Crippen LogP contribution in [-0.4, -0.2) is 116 Å². The van der Waals surface area contributed by atoms with E-state index in [1.54, 1.807) is 17.9 Å². The minimum atomic E-state index is -5.41. The molecule has 6 aromatic rings. The minimum Gasteiger partial charge on any atom is -0.508 e. The second-order valence-electron chi connectivity index (χ2n) is 14.6. The molecule has 8 rings (SSSR count). The number of amides is 2. The Bertz CT molecular complexity index is 2470. The number of nitrogens with one attached hydrogen (secondary N) is 2. The van der Waals surface area contributed by atoms with Gasteiger partial charge >= 0.3 is 18.2 Å².